The van der Waals surface area contributed by atoms with Crippen molar-refractivity contribution in [1.29, 1.82) is 0 Å². The predicted octanol–water partition coefficient (Wildman–Crippen LogP) is 5.76. The summed E-state index contributed by atoms with van der Waals surface area (Å²) in [6.45, 7) is 13.4. The number of amides is 3. The molecule has 1 atom stereocenters. The lowest BCUT2D eigenvalue weighted by molar-refractivity contribution is 0.0981. The molecule has 4 rings (SSSR count). The molecule has 0 bridgehead atoms. The van der Waals surface area contributed by atoms with Crippen molar-refractivity contribution in [3.05, 3.63) is 59.2 Å². The number of imide groups is 1. The Hall–Kier alpha value is -3.37. The van der Waals surface area contributed by atoms with Crippen molar-refractivity contribution in [1.82, 2.24) is 9.91 Å². The molecule has 2 aromatic rings. The molecule has 214 valence electrons. The van der Waals surface area contributed by atoms with E-state index >= 15 is 0 Å². The van der Waals surface area contributed by atoms with Crippen molar-refractivity contribution >= 4 is 40.4 Å². The third kappa shape index (κ3) is 6.18. The van der Waals surface area contributed by atoms with Crippen molar-refractivity contribution < 1.29 is 23.9 Å². The number of methoxy groups -OCH3 is 1. The second-order valence-electron chi connectivity index (χ2n) is 10.5. The minimum Gasteiger partial charge on any atom is -0.497 e. The molecule has 40 heavy (non-hydrogen) atoms. The highest BCUT2D eigenvalue weighted by Crippen LogP contribution is 2.41. The van der Waals surface area contributed by atoms with E-state index in [0.29, 0.717) is 30.1 Å². The lowest BCUT2D eigenvalue weighted by atomic mass is 9.76. The number of hydrogen-bond acceptors (Lipinski definition) is 8. The Balaban J connectivity index is 1.61. The highest BCUT2D eigenvalue weighted by Gasteiger charge is 2.37. The number of anilines is 1. The number of carbonyl (C=O) groups excluding carboxylic acids is 3. The van der Waals surface area contributed by atoms with Gasteiger partial charge in [-0.05, 0) is 79.4 Å². The quantitative estimate of drug-likeness (QED) is 0.401. The minimum absolute atomic E-state index is 0.0738. The van der Waals surface area contributed by atoms with E-state index in [9.17, 15) is 14.4 Å². The fraction of sp³-hybridized carbons (Fsp3) is 0.467. The van der Waals surface area contributed by atoms with E-state index in [2.05, 4.69) is 23.8 Å². The fourth-order valence-electron chi connectivity index (χ4n) is 4.98. The third-order valence-electron chi connectivity index (χ3n) is 7.60. The monoisotopic (exact) mass is 566 g/mol. The average molecular weight is 567 g/mol. The second kappa shape index (κ2) is 12.4. The van der Waals surface area contributed by atoms with Gasteiger partial charge >= 0.3 is 11.3 Å². The first-order valence-corrected chi connectivity index (χ1v) is 14.6. The van der Waals surface area contributed by atoms with E-state index in [4.69, 9.17) is 9.47 Å². The van der Waals surface area contributed by atoms with E-state index in [-0.39, 0.29) is 23.2 Å². The van der Waals surface area contributed by atoms with Gasteiger partial charge < -0.3 is 19.3 Å². The number of rotatable bonds is 8. The predicted molar refractivity (Wildman–Crippen MR) is 159 cm³/mol. The maximum atomic E-state index is 13.5. The lowest BCUT2D eigenvalue weighted by Gasteiger charge is -2.39. The normalized spacial score (nSPS) is 18.3. The molecule has 3 amide bonds. The lowest BCUT2D eigenvalue weighted by Crippen LogP contribution is -2.42. The van der Waals surface area contributed by atoms with Crippen molar-refractivity contribution in [3.63, 3.8) is 0 Å². The van der Waals surface area contributed by atoms with Crippen LogP contribution in [-0.2, 0) is 10.2 Å². The molecule has 1 unspecified atom stereocenters. The van der Waals surface area contributed by atoms with Crippen LogP contribution in [0.1, 0.15) is 62.5 Å². The molecule has 0 aromatic heterocycles. The maximum absolute atomic E-state index is 13.5. The van der Waals surface area contributed by atoms with Gasteiger partial charge in [0.05, 0.1) is 18.1 Å². The zero-order chi connectivity index (χ0) is 29.0. The van der Waals surface area contributed by atoms with Gasteiger partial charge in [0.1, 0.15) is 12.4 Å². The smallest absolute Gasteiger partial charge is 0.438 e. The molecule has 0 saturated heterocycles. The number of likely N-dealkylation sites (N-methyl/N-ethyl adjacent to an activating group) is 1. The largest absolute Gasteiger partial charge is 0.497 e. The van der Waals surface area contributed by atoms with Crippen molar-refractivity contribution in [2.75, 3.05) is 44.8 Å². The summed E-state index contributed by atoms with van der Waals surface area (Å²) in [5, 5.41) is 4.58. The summed E-state index contributed by atoms with van der Waals surface area (Å²) in [5.74, 6) is 0.622. The van der Waals surface area contributed by atoms with Crippen molar-refractivity contribution in [2.45, 2.75) is 51.7 Å². The fourth-order valence-corrected chi connectivity index (χ4v) is 5.79. The second-order valence-corrected chi connectivity index (χ2v) is 11.8. The van der Waals surface area contributed by atoms with Crippen LogP contribution >= 0.6 is 11.8 Å². The Morgan fingerprint density at radius 1 is 1.12 bits per heavy atom. The molecule has 0 radical (unpaired) electrons. The van der Waals surface area contributed by atoms with Crippen LogP contribution in [0.3, 0.4) is 0 Å². The molecule has 2 aromatic carbocycles. The molecule has 10 heteroatoms. The van der Waals surface area contributed by atoms with Crippen molar-refractivity contribution in [2.24, 2.45) is 5.10 Å². The van der Waals surface area contributed by atoms with Gasteiger partial charge in [-0.1, -0.05) is 45.5 Å². The molecule has 0 N–H and O–H groups in total. The van der Waals surface area contributed by atoms with E-state index in [1.807, 2.05) is 43.9 Å². The minimum atomic E-state index is -0.774. The first kappa shape index (κ1) is 29.6. The van der Waals surface area contributed by atoms with Gasteiger partial charge in [-0.3, -0.25) is 9.59 Å². The Labute approximate surface area is 240 Å². The van der Waals surface area contributed by atoms with E-state index < -0.39 is 11.3 Å². The molecule has 0 fully saturated rings. The molecule has 2 heterocycles. The zero-order valence-corrected chi connectivity index (χ0v) is 24.9. The van der Waals surface area contributed by atoms with Gasteiger partial charge in [0, 0.05) is 24.3 Å². The van der Waals surface area contributed by atoms with Crippen LogP contribution in [0.15, 0.2) is 47.6 Å². The third-order valence-corrected chi connectivity index (χ3v) is 8.55. The number of ether oxygens (including phenoxy) is 2. The van der Waals surface area contributed by atoms with Gasteiger partial charge in [0.15, 0.2) is 0 Å². The summed E-state index contributed by atoms with van der Waals surface area (Å²) >= 11 is 1.04. The molecule has 0 aliphatic carbocycles. The Morgan fingerprint density at radius 3 is 2.48 bits per heavy atom. The summed E-state index contributed by atoms with van der Waals surface area (Å²) in [6.07, 6.45) is 0.00890. The molecular formula is C30H38N4O5S. The van der Waals surface area contributed by atoms with Gasteiger partial charge in [0.2, 0.25) is 0 Å². The number of carbonyl (C=O) groups is 3. The molecule has 9 nitrogen and oxygen atoms in total. The topological polar surface area (TPSA) is 91.8 Å². The van der Waals surface area contributed by atoms with E-state index in [0.717, 1.165) is 53.1 Å². The van der Waals surface area contributed by atoms with Crippen LogP contribution in [0.2, 0.25) is 0 Å². The highest BCUT2D eigenvalue weighted by molar-refractivity contribution is 8.14. The summed E-state index contributed by atoms with van der Waals surface area (Å²) in [5.41, 5.74) is 3.68. The van der Waals surface area contributed by atoms with Crippen LogP contribution < -0.4 is 9.64 Å². The van der Waals surface area contributed by atoms with E-state index in [1.165, 1.54) is 0 Å². The number of nitrogens with zero attached hydrogens (tertiary/aromatic N) is 4. The Kier molecular flexibility index (Phi) is 9.20. The van der Waals surface area contributed by atoms with E-state index in [1.54, 1.807) is 31.4 Å². The number of thioether (sulfide) groups is 1. The number of benzene rings is 2. The standard InChI is InChI=1S/C30H38N4O5S/c1-7-32(8-2)17-18-39-28(36)34-29(37)40-20(3)26(31-34)22-11-14-25-24(19-22)30(4,5)15-16-33(25)27(35)21-9-12-23(38-6)13-10-21/h9-14,19-20H,7-8,15-18H2,1-6H3. The SMILES string of the molecule is CCN(CC)CCOC(=O)N1N=C(c2ccc3c(c2)C(C)(C)CCN3C(=O)c2ccc(OC)cc2)C(C)SC1=O. The molecule has 0 saturated carbocycles. The molecule has 0 spiro atoms. The summed E-state index contributed by atoms with van der Waals surface area (Å²) in [4.78, 5) is 42.9. The van der Waals surface area contributed by atoms with Crippen LogP contribution in [0.5, 0.6) is 5.75 Å². The number of hydrogen-bond donors (Lipinski definition) is 0. The van der Waals surface area contributed by atoms with Crippen LogP contribution in [0.25, 0.3) is 0 Å². The molecule has 2 aliphatic heterocycles. The number of fused-ring (bicyclic) bond motifs is 1. The van der Waals surface area contributed by atoms with Crippen LogP contribution in [0.4, 0.5) is 15.3 Å². The van der Waals surface area contributed by atoms with Crippen molar-refractivity contribution in [3.8, 4) is 5.75 Å². The van der Waals surface area contributed by atoms with Crippen LogP contribution in [-0.4, -0.2) is 78.0 Å². The first-order valence-electron chi connectivity index (χ1n) is 13.7. The number of hydrazone groups is 1. The molecular weight excluding hydrogens is 528 g/mol. The summed E-state index contributed by atoms with van der Waals surface area (Å²) in [6, 6.07) is 13.0. The first-order chi connectivity index (χ1) is 19.1. The maximum Gasteiger partial charge on any atom is 0.438 e. The van der Waals surface area contributed by atoms with Crippen LogP contribution in [0, 0.1) is 0 Å². The van der Waals surface area contributed by atoms with Gasteiger partial charge in [-0.25, -0.2) is 4.79 Å². The zero-order valence-electron chi connectivity index (χ0n) is 24.1. The Bertz CT molecular complexity index is 1290. The van der Waals surface area contributed by atoms with Gasteiger partial charge in [0.25, 0.3) is 5.91 Å². The summed E-state index contributed by atoms with van der Waals surface area (Å²) in [7, 11) is 1.60. The average Bonchev–Trinajstić information content (AvgIpc) is 2.95. The Morgan fingerprint density at radius 2 is 1.82 bits per heavy atom. The van der Waals surface area contributed by atoms with Gasteiger partial charge in [-0.2, -0.15) is 5.10 Å². The highest BCUT2D eigenvalue weighted by atomic mass is 32.2. The molecule has 2 aliphatic rings. The van der Waals surface area contributed by atoms with Gasteiger partial charge in [-0.15, -0.1) is 5.01 Å². The summed E-state index contributed by atoms with van der Waals surface area (Å²) < 4.78 is 10.6.